The summed E-state index contributed by atoms with van der Waals surface area (Å²) in [6.45, 7) is 20.8. The van der Waals surface area contributed by atoms with E-state index in [2.05, 4.69) is 88.5 Å². The Hall–Kier alpha value is -0.886. The zero-order valence-electron chi connectivity index (χ0n) is 18.0. The van der Waals surface area contributed by atoms with Crippen LogP contribution in [0, 0.1) is 0 Å². The Morgan fingerprint density at radius 1 is 1.00 bits per heavy atom. The van der Waals surface area contributed by atoms with Crippen molar-refractivity contribution in [1.29, 1.82) is 0 Å². The third-order valence-corrected chi connectivity index (χ3v) is 11.7. The van der Waals surface area contributed by atoms with Gasteiger partial charge in [-0.3, -0.25) is 0 Å². The van der Waals surface area contributed by atoms with E-state index in [0.717, 1.165) is 6.61 Å². The van der Waals surface area contributed by atoms with E-state index < -0.39 is 16.4 Å². The van der Waals surface area contributed by atoms with Gasteiger partial charge in [0.05, 0.1) is 12.1 Å². The molecule has 0 saturated heterocycles. The van der Waals surface area contributed by atoms with Gasteiger partial charge in [0.2, 0.25) is 0 Å². The molecule has 2 rings (SSSR count). The number of aromatic nitrogens is 1. The first kappa shape index (κ1) is 21.4. The van der Waals surface area contributed by atoms with Gasteiger partial charge >= 0.3 is 0 Å². The molecule has 2 aromatic rings. The molecule has 0 N–H and O–H groups in total. The van der Waals surface area contributed by atoms with Gasteiger partial charge in [-0.05, 0) is 47.3 Å². The van der Waals surface area contributed by atoms with Gasteiger partial charge in [-0.25, -0.2) is 0 Å². The molecule has 0 unspecified atom stereocenters. The van der Waals surface area contributed by atoms with E-state index in [9.17, 15) is 0 Å². The summed E-state index contributed by atoms with van der Waals surface area (Å²) in [5, 5.41) is 1.50. The van der Waals surface area contributed by atoms with Crippen molar-refractivity contribution in [3.05, 3.63) is 36.0 Å². The minimum absolute atomic E-state index is 0.238. The van der Waals surface area contributed by atoms with Crippen molar-refractivity contribution in [2.24, 2.45) is 0 Å². The molecule has 0 aliphatic rings. The van der Waals surface area contributed by atoms with E-state index in [-0.39, 0.29) is 5.04 Å². The quantitative estimate of drug-likeness (QED) is 0.380. The van der Waals surface area contributed by atoms with Gasteiger partial charge in [0, 0.05) is 20.9 Å². The van der Waals surface area contributed by atoms with Crippen molar-refractivity contribution in [1.82, 2.24) is 4.57 Å². The maximum atomic E-state index is 6.38. The highest BCUT2D eigenvalue weighted by molar-refractivity contribution is 6.76. The smallest absolute Gasteiger partial charge is 0.192 e. The van der Waals surface area contributed by atoms with E-state index in [1.165, 1.54) is 22.5 Å². The van der Waals surface area contributed by atoms with E-state index in [1.807, 2.05) is 0 Å². The first-order valence-corrected chi connectivity index (χ1v) is 16.3. The summed E-state index contributed by atoms with van der Waals surface area (Å²) >= 11 is 0. The molecule has 0 bridgehead atoms. The number of hydrogen-bond acceptors (Lipinski definition) is 2. The minimum atomic E-state index is -1.72. The zero-order valence-corrected chi connectivity index (χ0v) is 20.0. The fourth-order valence-corrected chi connectivity index (χ4v) is 4.17. The van der Waals surface area contributed by atoms with Crippen LogP contribution in [0.3, 0.4) is 0 Å². The number of ether oxygens (including phenoxy) is 1. The molecular formula is C21H37NO2Si2. The lowest BCUT2D eigenvalue weighted by Gasteiger charge is -2.36. The predicted octanol–water partition coefficient (Wildman–Crippen LogP) is 6.48. The van der Waals surface area contributed by atoms with Gasteiger partial charge in [-0.2, -0.15) is 0 Å². The molecule has 3 nitrogen and oxygen atoms in total. The Balaban J connectivity index is 2.03. The topological polar surface area (TPSA) is 23.4 Å². The van der Waals surface area contributed by atoms with Crippen molar-refractivity contribution in [2.75, 3.05) is 6.61 Å². The highest BCUT2D eigenvalue weighted by atomic mass is 28.4. The van der Waals surface area contributed by atoms with Crippen LogP contribution in [-0.2, 0) is 22.5 Å². The third kappa shape index (κ3) is 5.81. The van der Waals surface area contributed by atoms with Crippen LogP contribution >= 0.6 is 0 Å². The second-order valence-corrected chi connectivity index (χ2v) is 20.5. The third-order valence-electron chi connectivity index (χ3n) is 5.47. The van der Waals surface area contributed by atoms with Crippen molar-refractivity contribution in [2.45, 2.75) is 77.9 Å². The average molecular weight is 392 g/mol. The van der Waals surface area contributed by atoms with Crippen LogP contribution in [-0.4, -0.2) is 27.6 Å². The Labute approximate surface area is 161 Å². The summed E-state index contributed by atoms with van der Waals surface area (Å²) in [7, 11) is -2.76. The molecule has 0 aliphatic carbocycles. The Kier molecular flexibility index (Phi) is 6.59. The summed E-state index contributed by atoms with van der Waals surface area (Å²) < 4.78 is 14.5. The summed E-state index contributed by atoms with van der Waals surface area (Å²) in [5.74, 6) is 0. The second kappa shape index (κ2) is 8.01. The number of benzene rings is 1. The van der Waals surface area contributed by atoms with Gasteiger partial charge in [-0.1, -0.05) is 52.5 Å². The van der Waals surface area contributed by atoms with Gasteiger partial charge < -0.3 is 13.7 Å². The molecule has 0 saturated carbocycles. The molecule has 0 fully saturated rings. The van der Waals surface area contributed by atoms with Gasteiger partial charge in [0.1, 0.15) is 6.73 Å². The molecule has 0 aliphatic heterocycles. The molecule has 1 aromatic heterocycles. The second-order valence-electron chi connectivity index (χ2n) is 10.1. The maximum absolute atomic E-state index is 6.38. The summed E-state index contributed by atoms with van der Waals surface area (Å²) in [4.78, 5) is 0. The Morgan fingerprint density at radius 2 is 1.69 bits per heavy atom. The van der Waals surface area contributed by atoms with Crippen molar-refractivity contribution in [3.8, 4) is 0 Å². The molecule has 0 amide bonds. The van der Waals surface area contributed by atoms with Crippen LogP contribution in [0.2, 0.25) is 43.8 Å². The lowest BCUT2D eigenvalue weighted by atomic mass is 10.2. The molecule has 146 valence electrons. The van der Waals surface area contributed by atoms with E-state index >= 15 is 0 Å². The Bertz CT molecular complexity index is 724. The molecule has 1 aromatic carbocycles. The fraction of sp³-hybridized carbons (Fsp3) is 0.619. The summed E-state index contributed by atoms with van der Waals surface area (Å²) in [6, 6.07) is 10.0. The number of rotatable bonds is 8. The lowest BCUT2D eigenvalue weighted by Crippen LogP contribution is -2.40. The first-order chi connectivity index (χ1) is 11.9. The number of nitrogens with zero attached hydrogens (tertiary/aromatic N) is 1. The highest BCUT2D eigenvalue weighted by Crippen LogP contribution is 2.37. The molecule has 5 heteroatoms. The van der Waals surface area contributed by atoms with Crippen LogP contribution in [0.5, 0.6) is 0 Å². The van der Waals surface area contributed by atoms with E-state index in [1.54, 1.807) is 0 Å². The molecule has 0 spiro atoms. The van der Waals surface area contributed by atoms with Crippen LogP contribution in [0.25, 0.3) is 10.9 Å². The number of fused-ring (bicyclic) bond motifs is 1. The van der Waals surface area contributed by atoms with Crippen LogP contribution in [0.1, 0.15) is 26.3 Å². The standard InChI is InChI=1S/C21H37NO2Si2/c1-21(2,3)26(7,8)24-16-18-9-10-19-11-12-22(20(19)15-18)17-23-13-14-25(4,5)6/h9-12,15H,13-14,16-17H2,1-8H3. The molecule has 0 atom stereocenters. The van der Waals surface area contributed by atoms with Crippen LogP contribution < -0.4 is 0 Å². The fourth-order valence-electron chi connectivity index (χ4n) is 2.45. The van der Waals surface area contributed by atoms with E-state index in [4.69, 9.17) is 9.16 Å². The number of hydrogen-bond donors (Lipinski definition) is 0. The van der Waals surface area contributed by atoms with Crippen LogP contribution in [0.15, 0.2) is 30.5 Å². The summed E-state index contributed by atoms with van der Waals surface area (Å²) in [5.41, 5.74) is 2.47. The van der Waals surface area contributed by atoms with Crippen molar-refractivity contribution >= 4 is 27.3 Å². The highest BCUT2D eigenvalue weighted by Gasteiger charge is 2.37. The normalized spacial score (nSPS) is 13.5. The summed E-state index contributed by atoms with van der Waals surface area (Å²) in [6.07, 6.45) is 2.12. The van der Waals surface area contributed by atoms with Crippen molar-refractivity contribution < 1.29 is 9.16 Å². The largest absolute Gasteiger partial charge is 0.413 e. The Morgan fingerprint density at radius 3 is 2.31 bits per heavy atom. The average Bonchev–Trinajstić information content (AvgIpc) is 2.90. The molecule has 0 radical (unpaired) electrons. The SMILES string of the molecule is CC(C)(C)[Si](C)(C)OCc1ccc2ccn(COCC[Si](C)(C)C)c2c1. The molecule has 1 heterocycles. The van der Waals surface area contributed by atoms with Gasteiger partial charge in [0.25, 0.3) is 0 Å². The van der Waals surface area contributed by atoms with Crippen molar-refractivity contribution in [3.63, 3.8) is 0 Å². The first-order valence-electron chi connectivity index (χ1n) is 9.69. The monoisotopic (exact) mass is 391 g/mol. The van der Waals surface area contributed by atoms with Gasteiger partial charge in [0.15, 0.2) is 8.32 Å². The molecular weight excluding hydrogens is 354 g/mol. The molecule has 26 heavy (non-hydrogen) atoms. The predicted molar refractivity (Wildman–Crippen MR) is 118 cm³/mol. The maximum Gasteiger partial charge on any atom is 0.192 e. The van der Waals surface area contributed by atoms with Crippen LogP contribution in [0.4, 0.5) is 0 Å². The van der Waals surface area contributed by atoms with E-state index in [0.29, 0.717) is 13.3 Å². The minimum Gasteiger partial charge on any atom is -0.413 e. The lowest BCUT2D eigenvalue weighted by molar-refractivity contribution is 0.0902. The zero-order chi connectivity index (χ0) is 19.6. The van der Waals surface area contributed by atoms with Gasteiger partial charge in [-0.15, -0.1) is 0 Å².